The van der Waals surface area contributed by atoms with Gasteiger partial charge in [-0.15, -0.1) is 0 Å². The topological polar surface area (TPSA) is 21.8 Å². The van der Waals surface area contributed by atoms with E-state index in [2.05, 4.69) is 4.74 Å². The number of hydrogen-bond acceptors (Lipinski definition) is 2. The first-order valence-corrected chi connectivity index (χ1v) is 2.28. The largest absolute Gasteiger partial charge is 0.396 e. The summed E-state index contributed by atoms with van der Waals surface area (Å²) in [5, 5.41) is 0. The highest BCUT2D eigenvalue weighted by Gasteiger charge is 2.22. The lowest BCUT2D eigenvalue weighted by atomic mass is 10.9. The first-order chi connectivity index (χ1) is 2.43. The Kier molecular flexibility index (Phi) is 0.720. The van der Waals surface area contributed by atoms with Gasteiger partial charge in [0.2, 0.25) is 6.29 Å². The zero-order chi connectivity index (χ0) is 3.70. The van der Waals surface area contributed by atoms with Crippen molar-refractivity contribution in [3.8, 4) is 0 Å². The molecule has 29 valence electrons. The molecule has 0 amide bonds. The van der Waals surface area contributed by atoms with E-state index in [1.807, 2.05) is 0 Å². The summed E-state index contributed by atoms with van der Waals surface area (Å²) in [4.78, 5) is 0. The molecule has 1 aliphatic rings. The van der Waals surface area contributed by atoms with Crippen molar-refractivity contribution in [3.63, 3.8) is 0 Å². The van der Waals surface area contributed by atoms with E-state index in [1.54, 1.807) is 0 Å². The minimum atomic E-state index is 0.740. The second kappa shape index (κ2) is 1.08. The molecule has 0 aliphatic carbocycles. The van der Waals surface area contributed by atoms with E-state index in [0.29, 0.717) is 0 Å². The van der Waals surface area contributed by atoms with Crippen molar-refractivity contribution in [2.45, 2.75) is 0 Å². The number of rotatable bonds is 1. The molecule has 1 rings (SSSR count). The van der Waals surface area contributed by atoms with E-state index in [9.17, 15) is 0 Å². The lowest BCUT2D eigenvalue weighted by Gasteiger charge is -1.75. The zero-order valence-electron chi connectivity index (χ0n) is 3.02. The van der Waals surface area contributed by atoms with E-state index in [4.69, 9.17) is 4.43 Å². The number of hydrogen-bond donors (Lipinski definition) is 0. The highest BCUT2D eigenvalue weighted by atomic mass is 28.2. The van der Waals surface area contributed by atoms with Crippen molar-refractivity contribution >= 4 is 10.5 Å². The number of epoxide rings is 1. The van der Waals surface area contributed by atoms with Crippen LogP contribution in [0.3, 0.4) is 0 Å². The normalized spacial score (nSPS) is 24.0. The first-order valence-electron chi connectivity index (χ1n) is 1.46. The fourth-order valence-electron chi connectivity index (χ4n) is 0.147. The van der Waals surface area contributed by atoms with Gasteiger partial charge in [-0.2, -0.15) is 0 Å². The molecule has 3 heteroatoms. The molecule has 0 spiro atoms. The van der Waals surface area contributed by atoms with Gasteiger partial charge < -0.3 is 9.16 Å². The summed E-state index contributed by atoms with van der Waals surface area (Å²) < 4.78 is 9.28. The molecule has 2 nitrogen and oxygen atoms in total. The van der Waals surface area contributed by atoms with Crippen LogP contribution in [0.2, 0.25) is 0 Å². The minimum Gasteiger partial charge on any atom is -0.396 e. The van der Waals surface area contributed by atoms with Crippen LogP contribution in [0.25, 0.3) is 0 Å². The molecular formula is C2H5O2Si. The van der Waals surface area contributed by atoms with Crippen molar-refractivity contribution in [1.29, 1.82) is 0 Å². The molecule has 0 N–H and O–H groups in total. The summed E-state index contributed by atoms with van der Waals surface area (Å²) in [6.07, 6.45) is 0.816. The molecule has 1 saturated heterocycles. The molecular weight excluding hydrogens is 84.1 g/mol. The van der Waals surface area contributed by atoms with Crippen molar-refractivity contribution in [1.82, 2.24) is 0 Å². The Hall–Kier alpha value is 0.137. The Morgan fingerprint density at radius 3 is 2.60 bits per heavy atom. The lowest BCUT2D eigenvalue weighted by molar-refractivity contribution is 0.292. The summed E-state index contributed by atoms with van der Waals surface area (Å²) in [6, 6.07) is 0. The van der Waals surface area contributed by atoms with Gasteiger partial charge in [0.15, 0.2) is 0 Å². The third kappa shape index (κ3) is 0.716. The average Bonchev–Trinajstić information content (AvgIpc) is 2.12. The van der Waals surface area contributed by atoms with Crippen LogP contribution in [0.15, 0.2) is 0 Å². The maximum Gasteiger partial charge on any atom is 0.239 e. The third-order valence-corrected chi connectivity index (χ3v) is 0.945. The first kappa shape index (κ1) is 3.33. The predicted octanol–water partition coefficient (Wildman–Crippen LogP) is -1.20. The summed E-state index contributed by atoms with van der Waals surface area (Å²) in [7, 11) is 0.774. The van der Waals surface area contributed by atoms with Crippen molar-refractivity contribution in [2.75, 3.05) is 6.61 Å². The third-order valence-electron chi connectivity index (χ3n) is 0.490. The van der Waals surface area contributed by atoms with Gasteiger partial charge in [0.25, 0.3) is 0 Å². The van der Waals surface area contributed by atoms with Gasteiger partial charge in [-0.1, -0.05) is 0 Å². The quantitative estimate of drug-likeness (QED) is 0.297. The van der Waals surface area contributed by atoms with Gasteiger partial charge in [0.05, 0.1) is 0 Å². The Bertz CT molecular complexity index is 34.6. The maximum atomic E-state index is 4.69. The fraction of sp³-hybridized carbons (Fsp3) is 0.500. The maximum absolute atomic E-state index is 4.69. The summed E-state index contributed by atoms with van der Waals surface area (Å²) in [5.41, 5.74) is 0. The average molecular weight is 89.1 g/mol. The van der Waals surface area contributed by atoms with Gasteiger partial charge in [0.1, 0.15) is 17.1 Å². The minimum absolute atomic E-state index is 0.740. The second-order valence-corrected chi connectivity index (χ2v) is 1.27. The molecule has 0 atom stereocenters. The fourth-order valence-corrected chi connectivity index (χ4v) is 0.383. The Labute approximate surface area is 33.6 Å². The van der Waals surface area contributed by atoms with Crippen LogP contribution in [0.1, 0.15) is 0 Å². The standard InChI is InChI=1S/C2H5O2Si/c5-4-2-1-3-2/h1H2,5H3. The van der Waals surface area contributed by atoms with Crippen molar-refractivity contribution < 1.29 is 9.16 Å². The van der Waals surface area contributed by atoms with Crippen LogP contribution >= 0.6 is 0 Å². The molecule has 0 saturated carbocycles. The van der Waals surface area contributed by atoms with E-state index in [-0.39, 0.29) is 0 Å². The summed E-state index contributed by atoms with van der Waals surface area (Å²) in [6.45, 7) is 0.740. The Morgan fingerprint density at radius 2 is 2.60 bits per heavy atom. The summed E-state index contributed by atoms with van der Waals surface area (Å²) >= 11 is 0. The van der Waals surface area contributed by atoms with Crippen LogP contribution in [0, 0.1) is 6.29 Å². The van der Waals surface area contributed by atoms with Gasteiger partial charge >= 0.3 is 0 Å². The summed E-state index contributed by atoms with van der Waals surface area (Å²) in [5.74, 6) is 0. The molecule has 0 aromatic carbocycles. The van der Waals surface area contributed by atoms with Crippen LogP contribution < -0.4 is 0 Å². The van der Waals surface area contributed by atoms with Crippen molar-refractivity contribution in [2.24, 2.45) is 0 Å². The van der Waals surface area contributed by atoms with Crippen LogP contribution in [-0.2, 0) is 9.16 Å². The highest BCUT2D eigenvalue weighted by molar-refractivity contribution is 5.98. The highest BCUT2D eigenvalue weighted by Crippen LogP contribution is 2.17. The van der Waals surface area contributed by atoms with E-state index in [0.717, 1.165) is 23.4 Å². The van der Waals surface area contributed by atoms with Crippen LogP contribution in [0.5, 0.6) is 0 Å². The van der Waals surface area contributed by atoms with Gasteiger partial charge in [-0.25, -0.2) is 0 Å². The van der Waals surface area contributed by atoms with E-state index in [1.165, 1.54) is 0 Å². The van der Waals surface area contributed by atoms with Crippen LogP contribution in [-0.4, -0.2) is 17.1 Å². The van der Waals surface area contributed by atoms with Gasteiger partial charge in [0, 0.05) is 0 Å². The molecule has 0 unspecified atom stereocenters. The van der Waals surface area contributed by atoms with Crippen LogP contribution in [0.4, 0.5) is 0 Å². The Morgan fingerprint density at radius 1 is 2.00 bits per heavy atom. The molecule has 1 radical (unpaired) electrons. The monoisotopic (exact) mass is 89.0 g/mol. The molecule has 5 heavy (non-hydrogen) atoms. The van der Waals surface area contributed by atoms with E-state index < -0.39 is 0 Å². The SMILES string of the molecule is [SiH3]O[C]1CO1. The predicted molar refractivity (Wildman–Crippen MR) is 20.2 cm³/mol. The smallest absolute Gasteiger partial charge is 0.239 e. The molecule has 1 fully saturated rings. The molecule has 1 aliphatic heterocycles. The molecule has 0 aromatic heterocycles. The number of ether oxygens (including phenoxy) is 1. The lowest BCUT2D eigenvalue weighted by Crippen LogP contribution is -1.75. The van der Waals surface area contributed by atoms with Gasteiger partial charge in [-0.05, 0) is 0 Å². The van der Waals surface area contributed by atoms with Gasteiger partial charge in [-0.3, -0.25) is 0 Å². The Balaban J connectivity index is 2.00. The molecule has 0 bridgehead atoms. The van der Waals surface area contributed by atoms with E-state index >= 15 is 0 Å². The van der Waals surface area contributed by atoms with Crippen molar-refractivity contribution in [3.05, 3.63) is 6.29 Å². The molecule has 1 heterocycles. The molecule has 0 aromatic rings. The second-order valence-electron chi connectivity index (χ2n) is 0.865. The zero-order valence-corrected chi connectivity index (χ0v) is 5.02.